The third kappa shape index (κ3) is 45.0. The molecule has 0 bridgehead atoms. The fourth-order valence-corrected chi connectivity index (χ4v) is 6.65. The van der Waals surface area contributed by atoms with Gasteiger partial charge in [0.15, 0.2) is 0 Å². The van der Waals surface area contributed by atoms with E-state index < -0.39 is 13.9 Å². The summed E-state index contributed by atoms with van der Waals surface area (Å²) in [6, 6.07) is 0. The molecular formula is C49H89NO7P+. The zero-order chi connectivity index (χ0) is 42.7. The second-order valence-electron chi connectivity index (χ2n) is 16.4. The Balaban J connectivity index is 4.24. The molecule has 58 heavy (non-hydrogen) atoms. The Kier molecular flexibility index (Phi) is 40.2. The number of nitrogens with zero attached hydrogens (tertiary/aromatic N) is 1. The van der Waals surface area contributed by atoms with Gasteiger partial charge >= 0.3 is 13.8 Å². The van der Waals surface area contributed by atoms with Crippen LogP contribution in [0.15, 0.2) is 72.9 Å². The normalized spacial score (nSPS) is 14.4. The Labute approximate surface area is 357 Å². The summed E-state index contributed by atoms with van der Waals surface area (Å²) in [5.41, 5.74) is 0. The van der Waals surface area contributed by atoms with Crippen LogP contribution in [0, 0.1) is 0 Å². The van der Waals surface area contributed by atoms with Crippen molar-refractivity contribution in [3.63, 3.8) is 0 Å². The van der Waals surface area contributed by atoms with Gasteiger partial charge in [-0.05, 0) is 77.0 Å². The minimum absolute atomic E-state index is 0.0811. The van der Waals surface area contributed by atoms with Gasteiger partial charge in [0.1, 0.15) is 19.3 Å². The SMILES string of the molecule is CC/C=C\C/C=C\C/C=C\C/C=C\CCCCCCCCCCC(=O)OC(COCCCCCCCC/C=C\C/C=C\CCCC)COP(=O)(O)OCC[N+](C)(C)C. The molecule has 0 aliphatic carbocycles. The number of carbonyl (C=O) groups is 1. The molecule has 0 aromatic carbocycles. The number of rotatable bonds is 42. The third-order valence-corrected chi connectivity index (χ3v) is 10.5. The molecule has 0 spiro atoms. The number of phosphoric acid groups is 1. The van der Waals surface area contributed by atoms with Gasteiger partial charge in [-0.15, -0.1) is 0 Å². The lowest BCUT2D eigenvalue weighted by Crippen LogP contribution is -2.37. The van der Waals surface area contributed by atoms with Gasteiger partial charge < -0.3 is 18.9 Å². The van der Waals surface area contributed by atoms with E-state index in [2.05, 4.69) is 86.8 Å². The zero-order valence-electron chi connectivity index (χ0n) is 38.0. The number of quaternary nitrogens is 1. The second kappa shape index (κ2) is 41.7. The summed E-state index contributed by atoms with van der Waals surface area (Å²) in [6.45, 7) is 5.42. The largest absolute Gasteiger partial charge is 0.472 e. The van der Waals surface area contributed by atoms with Crippen LogP contribution in [0.5, 0.6) is 0 Å². The molecule has 0 aromatic heterocycles. The van der Waals surface area contributed by atoms with Crippen molar-refractivity contribution in [3.8, 4) is 0 Å². The first kappa shape index (κ1) is 55.9. The minimum Gasteiger partial charge on any atom is -0.457 e. The van der Waals surface area contributed by atoms with Gasteiger partial charge in [-0.1, -0.05) is 164 Å². The Morgan fingerprint density at radius 2 is 1.00 bits per heavy atom. The van der Waals surface area contributed by atoms with E-state index in [1.165, 1.54) is 77.0 Å². The average Bonchev–Trinajstić information content (AvgIpc) is 3.18. The highest BCUT2D eigenvalue weighted by atomic mass is 31.2. The van der Waals surface area contributed by atoms with Gasteiger partial charge in [0.05, 0.1) is 34.4 Å². The van der Waals surface area contributed by atoms with Crippen LogP contribution in [0.4, 0.5) is 0 Å². The molecule has 2 atom stereocenters. The van der Waals surface area contributed by atoms with E-state index in [0.717, 1.165) is 77.0 Å². The quantitative estimate of drug-likeness (QED) is 0.0215. The van der Waals surface area contributed by atoms with E-state index in [-0.39, 0.29) is 25.8 Å². The van der Waals surface area contributed by atoms with Crippen LogP contribution >= 0.6 is 7.82 Å². The summed E-state index contributed by atoms with van der Waals surface area (Å²) in [6.07, 6.45) is 53.6. The topological polar surface area (TPSA) is 91.3 Å². The van der Waals surface area contributed by atoms with Crippen LogP contribution in [0.3, 0.4) is 0 Å². The molecule has 0 amide bonds. The Morgan fingerprint density at radius 1 is 0.552 bits per heavy atom. The molecule has 2 unspecified atom stereocenters. The lowest BCUT2D eigenvalue weighted by atomic mass is 10.1. The molecule has 9 heteroatoms. The third-order valence-electron chi connectivity index (χ3n) is 9.50. The van der Waals surface area contributed by atoms with E-state index in [0.29, 0.717) is 24.1 Å². The fourth-order valence-electron chi connectivity index (χ4n) is 5.91. The summed E-state index contributed by atoms with van der Waals surface area (Å²) < 4.78 is 35.0. The van der Waals surface area contributed by atoms with Crippen molar-refractivity contribution in [3.05, 3.63) is 72.9 Å². The molecule has 1 N–H and O–H groups in total. The predicted molar refractivity (Wildman–Crippen MR) is 247 cm³/mol. The van der Waals surface area contributed by atoms with Crippen molar-refractivity contribution in [1.82, 2.24) is 0 Å². The highest BCUT2D eigenvalue weighted by molar-refractivity contribution is 7.47. The van der Waals surface area contributed by atoms with Crippen molar-refractivity contribution < 1.29 is 37.3 Å². The van der Waals surface area contributed by atoms with Crippen LogP contribution in [-0.2, 0) is 27.9 Å². The van der Waals surface area contributed by atoms with Crippen LogP contribution in [0.2, 0.25) is 0 Å². The molecular weight excluding hydrogens is 746 g/mol. The summed E-state index contributed by atoms with van der Waals surface area (Å²) >= 11 is 0. The van der Waals surface area contributed by atoms with Crippen molar-refractivity contribution >= 4 is 13.8 Å². The molecule has 0 rings (SSSR count). The van der Waals surface area contributed by atoms with E-state index in [9.17, 15) is 14.3 Å². The highest BCUT2D eigenvalue weighted by Gasteiger charge is 2.26. The summed E-state index contributed by atoms with van der Waals surface area (Å²) in [4.78, 5) is 22.9. The van der Waals surface area contributed by atoms with E-state index in [1.807, 2.05) is 21.1 Å². The maximum atomic E-state index is 12.7. The van der Waals surface area contributed by atoms with Crippen LogP contribution in [-0.4, -0.2) is 75.6 Å². The summed E-state index contributed by atoms with van der Waals surface area (Å²) in [5, 5.41) is 0. The van der Waals surface area contributed by atoms with Crippen LogP contribution in [0.25, 0.3) is 0 Å². The maximum Gasteiger partial charge on any atom is 0.472 e. The van der Waals surface area contributed by atoms with Crippen molar-refractivity contribution in [1.29, 1.82) is 0 Å². The van der Waals surface area contributed by atoms with Gasteiger partial charge in [0.2, 0.25) is 0 Å². The van der Waals surface area contributed by atoms with Crippen molar-refractivity contribution in [2.24, 2.45) is 0 Å². The second-order valence-corrected chi connectivity index (χ2v) is 17.9. The maximum absolute atomic E-state index is 12.7. The molecule has 0 radical (unpaired) electrons. The van der Waals surface area contributed by atoms with E-state index in [1.54, 1.807) is 0 Å². The van der Waals surface area contributed by atoms with E-state index in [4.69, 9.17) is 18.5 Å². The lowest BCUT2D eigenvalue weighted by molar-refractivity contribution is -0.870. The highest BCUT2D eigenvalue weighted by Crippen LogP contribution is 2.43. The Hall–Kier alpha value is -2.06. The minimum atomic E-state index is -4.29. The lowest BCUT2D eigenvalue weighted by Gasteiger charge is -2.24. The number of hydrogen-bond acceptors (Lipinski definition) is 6. The van der Waals surface area contributed by atoms with Crippen molar-refractivity contribution in [2.75, 3.05) is 54.1 Å². The standard InChI is InChI=1S/C49H88NO7P/c1-6-8-10-12-14-16-18-20-22-23-24-25-26-27-28-30-32-34-36-38-40-42-49(51)57-48(47-56-58(52,53)55-45-43-50(3,4)5)46-54-44-41-39-37-35-33-31-29-21-19-17-15-13-11-9-7-2/h8,10,13-16,19-22,24-25,48H,6-7,9,11-12,17-18,23,26-47H2,1-5H3/p+1/b10-8-,15-13-,16-14-,21-19-,22-20-,25-24-. The van der Waals surface area contributed by atoms with E-state index >= 15 is 0 Å². The molecule has 0 aromatic rings. The summed E-state index contributed by atoms with van der Waals surface area (Å²) in [7, 11) is 1.64. The molecule has 0 saturated heterocycles. The number of unbranched alkanes of at least 4 members (excludes halogenated alkanes) is 16. The number of allylic oxidation sites excluding steroid dienone is 12. The first-order valence-electron chi connectivity index (χ1n) is 23.2. The fraction of sp³-hybridized carbons (Fsp3) is 0.735. The van der Waals surface area contributed by atoms with Crippen LogP contribution < -0.4 is 0 Å². The molecule has 336 valence electrons. The Morgan fingerprint density at radius 3 is 1.50 bits per heavy atom. The molecule has 0 saturated carbocycles. The first-order chi connectivity index (χ1) is 28.1. The molecule has 8 nitrogen and oxygen atoms in total. The number of carbonyl (C=O) groups excluding carboxylic acids is 1. The number of esters is 1. The number of hydrogen-bond donors (Lipinski definition) is 1. The van der Waals surface area contributed by atoms with Gasteiger partial charge in [0.25, 0.3) is 0 Å². The number of phosphoric ester groups is 1. The summed E-state index contributed by atoms with van der Waals surface area (Å²) in [5.74, 6) is -0.329. The molecule has 0 fully saturated rings. The van der Waals surface area contributed by atoms with Gasteiger partial charge in [-0.3, -0.25) is 13.8 Å². The van der Waals surface area contributed by atoms with Gasteiger partial charge in [-0.2, -0.15) is 0 Å². The monoisotopic (exact) mass is 835 g/mol. The van der Waals surface area contributed by atoms with Crippen LogP contribution in [0.1, 0.15) is 174 Å². The molecule has 0 aliphatic rings. The van der Waals surface area contributed by atoms with Gasteiger partial charge in [-0.25, -0.2) is 4.57 Å². The zero-order valence-corrected chi connectivity index (χ0v) is 38.9. The molecule has 0 heterocycles. The Bertz CT molecular complexity index is 1150. The predicted octanol–water partition coefficient (Wildman–Crippen LogP) is 13.9. The number of ether oxygens (including phenoxy) is 2. The number of likely N-dealkylation sites (N-methyl/N-ethyl adjacent to an activating group) is 1. The molecule has 0 aliphatic heterocycles. The average molecular weight is 835 g/mol. The smallest absolute Gasteiger partial charge is 0.457 e. The first-order valence-corrected chi connectivity index (χ1v) is 24.7. The van der Waals surface area contributed by atoms with Gasteiger partial charge in [0, 0.05) is 13.0 Å². The van der Waals surface area contributed by atoms with Crippen molar-refractivity contribution in [2.45, 2.75) is 180 Å².